The van der Waals surface area contributed by atoms with Gasteiger partial charge in [0.25, 0.3) is 0 Å². The molecular weight excluding hydrogens is 361 g/mol. The van der Waals surface area contributed by atoms with Crippen molar-refractivity contribution in [3.05, 3.63) is 113 Å². The van der Waals surface area contributed by atoms with Gasteiger partial charge >= 0.3 is 0 Å². The number of rotatable bonds is 7. The van der Waals surface area contributed by atoms with E-state index in [0.717, 1.165) is 24.4 Å². The number of halogens is 1. The molecule has 2 nitrogen and oxygen atoms in total. The molecule has 0 spiro atoms. The SMILES string of the molecule is Cc1ccc(C[NH2+]Cc2c(OCc3ccc(F)cc3)ccc3ccccc23)cc1. The third-order valence-electron chi connectivity index (χ3n) is 5.15. The molecule has 0 aliphatic heterocycles. The van der Waals surface area contributed by atoms with Gasteiger partial charge in [-0.25, -0.2) is 4.39 Å². The molecule has 0 heterocycles. The van der Waals surface area contributed by atoms with Crippen LogP contribution >= 0.6 is 0 Å². The first kappa shape index (κ1) is 19.2. The quantitative estimate of drug-likeness (QED) is 0.468. The molecule has 0 unspecified atom stereocenters. The maximum Gasteiger partial charge on any atom is 0.129 e. The zero-order valence-electron chi connectivity index (χ0n) is 16.6. The number of hydrogen-bond acceptors (Lipinski definition) is 1. The van der Waals surface area contributed by atoms with Crippen molar-refractivity contribution < 1.29 is 14.4 Å². The molecule has 29 heavy (non-hydrogen) atoms. The first-order chi connectivity index (χ1) is 14.2. The molecule has 146 valence electrons. The first-order valence-electron chi connectivity index (χ1n) is 9.94. The van der Waals surface area contributed by atoms with Gasteiger partial charge in [-0.3, -0.25) is 0 Å². The van der Waals surface area contributed by atoms with E-state index in [1.54, 1.807) is 12.1 Å². The Balaban J connectivity index is 1.53. The van der Waals surface area contributed by atoms with Crippen molar-refractivity contribution >= 4 is 10.8 Å². The zero-order valence-corrected chi connectivity index (χ0v) is 16.6. The fourth-order valence-electron chi connectivity index (χ4n) is 3.51. The second-order valence-corrected chi connectivity index (χ2v) is 7.36. The van der Waals surface area contributed by atoms with E-state index in [1.807, 2.05) is 6.07 Å². The molecule has 0 aromatic heterocycles. The van der Waals surface area contributed by atoms with Crippen molar-refractivity contribution in [1.29, 1.82) is 0 Å². The highest BCUT2D eigenvalue weighted by molar-refractivity contribution is 5.87. The minimum atomic E-state index is -0.231. The summed E-state index contributed by atoms with van der Waals surface area (Å²) >= 11 is 0. The highest BCUT2D eigenvalue weighted by Crippen LogP contribution is 2.28. The molecule has 4 aromatic carbocycles. The van der Waals surface area contributed by atoms with Crippen LogP contribution in [0.25, 0.3) is 10.8 Å². The van der Waals surface area contributed by atoms with Gasteiger partial charge in [0.2, 0.25) is 0 Å². The number of hydrogen-bond donors (Lipinski definition) is 1. The second kappa shape index (κ2) is 8.89. The van der Waals surface area contributed by atoms with E-state index in [0.29, 0.717) is 6.61 Å². The van der Waals surface area contributed by atoms with Crippen LogP contribution < -0.4 is 10.1 Å². The van der Waals surface area contributed by atoms with Gasteiger partial charge in [0.15, 0.2) is 0 Å². The van der Waals surface area contributed by atoms with E-state index in [2.05, 4.69) is 66.8 Å². The highest BCUT2D eigenvalue weighted by Gasteiger charge is 2.11. The summed E-state index contributed by atoms with van der Waals surface area (Å²) in [6.07, 6.45) is 0. The van der Waals surface area contributed by atoms with Gasteiger partial charge in [-0.05, 0) is 41.5 Å². The van der Waals surface area contributed by atoms with Crippen LogP contribution in [0.5, 0.6) is 5.75 Å². The lowest BCUT2D eigenvalue weighted by atomic mass is 10.0. The van der Waals surface area contributed by atoms with Crippen molar-refractivity contribution in [3.63, 3.8) is 0 Å². The van der Waals surface area contributed by atoms with E-state index in [4.69, 9.17) is 4.74 Å². The third-order valence-corrected chi connectivity index (χ3v) is 5.15. The summed E-state index contributed by atoms with van der Waals surface area (Å²) in [6.45, 7) is 4.27. The third kappa shape index (κ3) is 4.82. The van der Waals surface area contributed by atoms with E-state index < -0.39 is 0 Å². The summed E-state index contributed by atoms with van der Waals surface area (Å²) < 4.78 is 19.3. The summed E-state index contributed by atoms with van der Waals surface area (Å²) in [7, 11) is 0. The number of aryl methyl sites for hydroxylation is 1. The second-order valence-electron chi connectivity index (χ2n) is 7.36. The molecule has 0 amide bonds. The minimum Gasteiger partial charge on any atom is -0.488 e. The van der Waals surface area contributed by atoms with Crippen LogP contribution in [0.15, 0.2) is 84.9 Å². The van der Waals surface area contributed by atoms with E-state index in [1.165, 1.54) is 39.6 Å². The predicted octanol–water partition coefficient (Wildman–Crippen LogP) is 5.13. The summed E-state index contributed by atoms with van der Waals surface area (Å²) in [5, 5.41) is 4.72. The van der Waals surface area contributed by atoms with Gasteiger partial charge in [0.05, 0.1) is 5.56 Å². The standard InChI is InChI=1S/C26H24FNO/c1-19-6-8-20(9-7-19)16-28-17-25-24-5-3-2-4-22(24)12-15-26(25)29-18-21-10-13-23(27)14-11-21/h2-15,28H,16-18H2,1H3/p+1. The number of benzene rings is 4. The summed E-state index contributed by atoms with van der Waals surface area (Å²) in [6, 6.07) is 27.7. The van der Waals surface area contributed by atoms with Crippen LogP contribution in [-0.4, -0.2) is 0 Å². The van der Waals surface area contributed by atoms with E-state index in [-0.39, 0.29) is 5.82 Å². The van der Waals surface area contributed by atoms with Crippen LogP contribution in [0.1, 0.15) is 22.3 Å². The Labute approximate surface area is 171 Å². The van der Waals surface area contributed by atoms with Gasteiger partial charge in [0.1, 0.15) is 31.3 Å². The molecule has 0 bridgehead atoms. The molecule has 2 N–H and O–H groups in total. The fraction of sp³-hybridized carbons (Fsp3) is 0.154. The van der Waals surface area contributed by atoms with Crippen molar-refractivity contribution in [2.75, 3.05) is 0 Å². The van der Waals surface area contributed by atoms with Gasteiger partial charge in [-0.2, -0.15) is 0 Å². The van der Waals surface area contributed by atoms with Crippen molar-refractivity contribution in [2.24, 2.45) is 0 Å². The van der Waals surface area contributed by atoms with Crippen LogP contribution in [0.3, 0.4) is 0 Å². The Kier molecular flexibility index (Phi) is 5.87. The van der Waals surface area contributed by atoms with Gasteiger partial charge in [-0.15, -0.1) is 0 Å². The van der Waals surface area contributed by atoms with Gasteiger partial charge in [-0.1, -0.05) is 72.3 Å². The molecule has 4 aromatic rings. The molecule has 0 atom stereocenters. The number of quaternary nitrogens is 1. The van der Waals surface area contributed by atoms with Crippen molar-refractivity contribution in [2.45, 2.75) is 26.6 Å². The van der Waals surface area contributed by atoms with Crippen LogP contribution in [-0.2, 0) is 19.7 Å². The Morgan fingerprint density at radius 1 is 0.759 bits per heavy atom. The summed E-state index contributed by atoms with van der Waals surface area (Å²) in [5.41, 5.74) is 4.73. The molecule has 0 radical (unpaired) electrons. The van der Waals surface area contributed by atoms with Crippen LogP contribution in [0.4, 0.5) is 4.39 Å². The smallest absolute Gasteiger partial charge is 0.129 e. The molecule has 0 saturated heterocycles. The van der Waals surface area contributed by atoms with Crippen LogP contribution in [0, 0.1) is 12.7 Å². The Bertz CT molecular complexity index is 1090. The molecule has 3 heteroatoms. The van der Waals surface area contributed by atoms with E-state index in [9.17, 15) is 4.39 Å². The topological polar surface area (TPSA) is 25.8 Å². The maximum atomic E-state index is 13.1. The highest BCUT2D eigenvalue weighted by atomic mass is 19.1. The first-order valence-corrected chi connectivity index (χ1v) is 9.94. The maximum absolute atomic E-state index is 13.1. The molecule has 0 saturated carbocycles. The van der Waals surface area contributed by atoms with Crippen LogP contribution in [0.2, 0.25) is 0 Å². The summed E-state index contributed by atoms with van der Waals surface area (Å²) in [4.78, 5) is 0. The average Bonchev–Trinajstić information content (AvgIpc) is 2.75. The molecule has 0 fully saturated rings. The lowest BCUT2D eigenvalue weighted by Gasteiger charge is -2.14. The Morgan fingerprint density at radius 3 is 2.28 bits per heavy atom. The average molecular weight is 386 g/mol. The Hall–Kier alpha value is -3.17. The minimum absolute atomic E-state index is 0.231. The largest absolute Gasteiger partial charge is 0.488 e. The lowest BCUT2D eigenvalue weighted by molar-refractivity contribution is -0.686. The lowest BCUT2D eigenvalue weighted by Crippen LogP contribution is -2.80. The molecular formula is C26H25FNO+. The number of ether oxygens (including phenoxy) is 1. The molecule has 0 aliphatic carbocycles. The molecule has 4 rings (SSSR count). The van der Waals surface area contributed by atoms with Crippen molar-refractivity contribution in [3.8, 4) is 5.75 Å². The Morgan fingerprint density at radius 2 is 1.48 bits per heavy atom. The zero-order chi connectivity index (χ0) is 20.1. The van der Waals surface area contributed by atoms with E-state index >= 15 is 0 Å². The van der Waals surface area contributed by atoms with Crippen molar-refractivity contribution in [1.82, 2.24) is 0 Å². The summed E-state index contributed by atoms with van der Waals surface area (Å²) in [5.74, 6) is 0.652. The monoisotopic (exact) mass is 386 g/mol. The molecule has 0 aliphatic rings. The van der Waals surface area contributed by atoms with Gasteiger partial charge < -0.3 is 10.1 Å². The normalized spacial score (nSPS) is 11.0. The predicted molar refractivity (Wildman–Crippen MR) is 115 cm³/mol. The number of fused-ring (bicyclic) bond motifs is 1. The number of nitrogens with two attached hydrogens (primary N) is 1. The fourth-order valence-corrected chi connectivity index (χ4v) is 3.51. The van der Waals surface area contributed by atoms with Gasteiger partial charge in [0, 0.05) is 5.56 Å².